The highest BCUT2D eigenvalue weighted by molar-refractivity contribution is 6.04. The summed E-state index contributed by atoms with van der Waals surface area (Å²) in [6.45, 7) is 3.90. The smallest absolute Gasteiger partial charge is 0.324 e. The summed E-state index contributed by atoms with van der Waals surface area (Å²) in [5.74, 6) is -0.360. The molecular weight excluding hydrogens is 320 g/mol. The molecule has 5 nitrogen and oxygen atoms in total. The highest BCUT2D eigenvalue weighted by Crippen LogP contribution is 2.42. The molecule has 0 saturated carbocycles. The number of ether oxygens (including phenoxy) is 3. The molecule has 2 aromatic rings. The molecular formula is C20H22O5. The summed E-state index contributed by atoms with van der Waals surface area (Å²) < 4.78 is 15.9. The minimum atomic E-state index is -1.35. The van der Waals surface area contributed by atoms with Crippen LogP contribution in [0.3, 0.4) is 0 Å². The van der Waals surface area contributed by atoms with Gasteiger partial charge in [0.1, 0.15) is 5.75 Å². The van der Waals surface area contributed by atoms with E-state index in [9.17, 15) is 9.59 Å². The fraction of sp³-hybridized carbons (Fsp3) is 0.400. The number of rotatable bonds is 5. The van der Waals surface area contributed by atoms with Crippen LogP contribution >= 0.6 is 0 Å². The molecule has 0 aliphatic heterocycles. The van der Waals surface area contributed by atoms with Gasteiger partial charge in [0, 0.05) is 12.8 Å². The van der Waals surface area contributed by atoms with E-state index in [0.29, 0.717) is 5.75 Å². The molecule has 2 aromatic carbocycles. The van der Waals surface area contributed by atoms with Gasteiger partial charge in [0.25, 0.3) is 0 Å². The van der Waals surface area contributed by atoms with E-state index in [1.54, 1.807) is 21.0 Å². The van der Waals surface area contributed by atoms with Crippen molar-refractivity contribution in [1.29, 1.82) is 0 Å². The third kappa shape index (κ3) is 2.84. The molecule has 0 fully saturated rings. The summed E-state index contributed by atoms with van der Waals surface area (Å²) in [6, 6.07) is 9.73. The summed E-state index contributed by atoms with van der Waals surface area (Å²) in [6.07, 6.45) is 0.525. The minimum Gasteiger partial charge on any atom is -0.497 e. The molecule has 25 heavy (non-hydrogen) atoms. The van der Waals surface area contributed by atoms with Gasteiger partial charge in [-0.05, 0) is 47.9 Å². The Labute approximate surface area is 146 Å². The maximum atomic E-state index is 12.8. The van der Waals surface area contributed by atoms with Crippen molar-refractivity contribution in [1.82, 2.24) is 0 Å². The molecule has 0 aromatic heterocycles. The van der Waals surface area contributed by atoms with E-state index in [4.69, 9.17) is 14.2 Å². The maximum absolute atomic E-state index is 12.8. The van der Waals surface area contributed by atoms with Gasteiger partial charge in [0.15, 0.2) is 5.41 Å². The maximum Gasteiger partial charge on any atom is 0.324 e. The SMILES string of the molecule is CCOC(=O)C1(C(=O)OCC)Cc2cccc3cc(OC)cc(c23)C1. The molecule has 0 unspecified atom stereocenters. The number of methoxy groups -OCH3 is 1. The van der Waals surface area contributed by atoms with Gasteiger partial charge < -0.3 is 14.2 Å². The van der Waals surface area contributed by atoms with Crippen LogP contribution in [-0.2, 0) is 31.9 Å². The Bertz CT molecular complexity index is 806. The van der Waals surface area contributed by atoms with Crippen LogP contribution in [0.1, 0.15) is 25.0 Å². The standard InChI is InChI=1S/C20H22O5/c1-4-24-18(21)20(19(22)25-5-2)11-14-8-6-7-13-9-16(23-3)10-15(12-20)17(13)14/h6-10H,4-5,11-12H2,1-3H3. The average molecular weight is 342 g/mol. The lowest BCUT2D eigenvalue weighted by Crippen LogP contribution is -2.47. The van der Waals surface area contributed by atoms with Crippen molar-refractivity contribution in [3.63, 3.8) is 0 Å². The van der Waals surface area contributed by atoms with E-state index in [1.165, 1.54) is 0 Å². The van der Waals surface area contributed by atoms with Crippen LogP contribution < -0.4 is 4.74 Å². The normalized spacial score (nSPS) is 14.8. The number of hydrogen-bond acceptors (Lipinski definition) is 5. The molecule has 0 amide bonds. The summed E-state index contributed by atoms with van der Waals surface area (Å²) >= 11 is 0. The fourth-order valence-electron chi connectivity index (χ4n) is 3.60. The Morgan fingerprint density at radius 2 is 1.64 bits per heavy atom. The minimum absolute atomic E-state index is 0.217. The van der Waals surface area contributed by atoms with Gasteiger partial charge in [-0.1, -0.05) is 18.2 Å². The lowest BCUT2D eigenvalue weighted by atomic mass is 9.70. The second-order valence-electron chi connectivity index (χ2n) is 6.18. The molecule has 1 aliphatic rings. The Morgan fingerprint density at radius 1 is 1.00 bits per heavy atom. The van der Waals surface area contributed by atoms with Crippen LogP contribution in [-0.4, -0.2) is 32.3 Å². The number of esters is 2. The predicted molar refractivity (Wildman–Crippen MR) is 93.6 cm³/mol. The van der Waals surface area contributed by atoms with Crippen LogP contribution in [0, 0.1) is 5.41 Å². The van der Waals surface area contributed by atoms with Crippen LogP contribution in [0.4, 0.5) is 0 Å². The molecule has 0 N–H and O–H groups in total. The van der Waals surface area contributed by atoms with Crippen molar-refractivity contribution in [2.24, 2.45) is 5.41 Å². The van der Waals surface area contributed by atoms with Crippen molar-refractivity contribution in [3.05, 3.63) is 41.5 Å². The van der Waals surface area contributed by atoms with Crippen molar-refractivity contribution in [2.75, 3.05) is 20.3 Å². The first-order chi connectivity index (χ1) is 12.1. The summed E-state index contributed by atoms with van der Waals surface area (Å²) in [7, 11) is 1.60. The summed E-state index contributed by atoms with van der Waals surface area (Å²) in [4.78, 5) is 25.5. The zero-order valence-electron chi connectivity index (χ0n) is 14.8. The van der Waals surface area contributed by atoms with E-state index in [2.05, 4.69) is 0 Å². The Kier molecular flexibility index (Phi) is 4.66. The topological polar surface area (TPSA) is 61.8 Å². The number of carbonyl (C=O) groups excluding carboxylic acids is 2. The molecule has 0 spiro atoms. The molecule has 0 atom stereocenters. The first-order valence-electron chi connectivity index (χ1n) is 8.48. The molecule has 0 heterocycles. The van der Waals surface area contributed by atoms with E-state index >= 15 is 0 Å². The van der Waals surface area contributed by atoms with Gasteiger partial charge in [-0.25, -0.2) is 0 Å². The van der Waals surface area contributed by atoms with Crippen molar-refractivity contribution >= 4 is 22.7 Å². The van der Waals surface area contributed by atoms with Crippen molar-refractivity contribution in [3.8, 4) is 5.75 Å². The van der Waals surface area contributed by atoms with Crippen LogP contribution in [0.5, 0.6) is 5.75 Å². The second kappa shape index (κ2) is 6.75. The first kappa shape index (κ1) is 17.3. The highest BCUT2D eigenvalue weighted by atomic mass is 16.6. The zero-order chi connectivity index (χ0) is 18.0. The van der Waals surface area contributed by atoms with Gasteiger partial charge in [0.05, 0.1) is 20.3 Å². The van der Waals surface area contributed by atoms with Gasteiger partial charge in [-0.2, -0.15) is 0 Å². The van der Waals surface area contributed by atoms with Gasteiger partial charge in [-0.15, -0.1) is 0 Å². The molecule has 0 saturated heterocycles. The van der Waals surface area contributed by atoms with E-state index in [0.717, 1.165) is 21.9 Å². The van der Waals surface area contributed by atoms with Crippen LogP contribution in [0.15, 0.2) is 30.3 Å². The van der Waals surface area contributed by atoms with Gasteiger partial charge in [-0.3, -0.25) is 9.59 Å². The van der Waals surface area contributed by atoms with Crippen molar-refractivity contribution < 1.29 is 23.8 Å². The third-order valence-corrected chi connectivity index (χ3v) is 4.67. The monoisotopic (exact) mass is 342 g/mol. The second-order valence-corrected chi connectivity index (χ2v) is 6.18. The van der Waals surface area contributed by atoms with Crippen molar-refractivity contribution in [2.45, 2.75) is 26.7 Å². The molecule has 3 rings (SSSR count). The van der Waals surface area contributed by atoms with E-state index in [1.807, 2.05) is 30.3 Å². The highest BCUT2D eigenvalue weighted by Gasteiger charge is 2.51. The van der Waals surface area contributed by atoms with E-state index in [-0.39, 0.29) is 26.1 Å². The first-order valence-corrected chi connectivity index (χ1v) is 8.48. The average Bonchev–Trinajstić information content (AvgIpc) is 2.61. The quantitative estimate of drug-likeness (QED) is 0.617. The molecule has 132 valence electrons. The van der Waals surface area contributed by atoms with Crippen LogP contribution in [0.25, 0.3) is 10.8 Å². The van der Waals surface area contributed by atoms with Gasteiger partial charge in [0.2, 0.25) is 0 Å². The summed E-state index contributed by atoms with van der Waals surface area (Å²) in [5, 5.41) is 2.11. The van der Waals surface area contributed by atoms with Crippen LogP contribution in [0.2, 0.25) is 0 Å². The molecule has 0 radical (unpaired) electrons. The number of benzene rings is 2. The van der Waals surface area contributed by atoms with Gasteiger partial charge >= 0.3 is 11.9 Å². The lowest BCUT2D eigenvalue weighted by molar-refractivity contribution is -0.172. The molecule has 1 aliphatic carbocycles. The number of carbonyl (C=O) groups is 2. The zero-order valence-corrected chi connectivity index (χ0v) is 14.8. The molecule has 0 bridgehead atoms. The predicted octanol–water partition coefficient (Wildman–Crippen LogP) is 3.06. The Morgan fingerprint density at radius 3 is 2.24 bits per heavy atom. The lowest BCUT2D eigenvalue weighted by Gasteiger charge is -2.34. The third-order valence-electron chi connectivity index (χ3n) is 4.67. The molecule has 5 heteroatoms. The Balaban J connectivity index is 2.17. The summed E-state index contributed by atoms with van der Waals surface area (Å²) in [5.41, 5.74) is 0.499. The Hall–Kier alpha value is -2.56. The van der Waals surface area contributed by atoms with E-state index < -0.39 is 17.4 Å². The largest absolute Gasteiger partial charge is 0.497 e. The fourth-order valence-corrected chi connectivity index (χ4v) is 3.60. The number of hydrogen-bond donors (Lipinski definition) is 0.